The van der Waals surface area contributed by atoms with Crippen molar-refractivity contribution in [2.45, 2.75) is 128 Å². The van der Waals surface area contributed by atoms with Crippen LogP contribution in [-0.2, 0) is 74.8 Å². The van der Waals surface area contributed by atoms with Gasteiger partial charge in [0.15, 0.2) is 23.2 Å². The Morgan fingerprint density at radius 3 is 2.39 bits per heavy atom. The Kier molecular flexibility index (Phi) is 15.6. The average molecular weight is 1070 g/mol. The number of rotatable bonds is 20. The summed E-state index contributed by atoms with van der Waals surface area (Å²) in [5.41, 5.74) is 0.841. The van der Waals surface area contributed by atoms with Gasteiger partial charge in [0, 0.05) is 60.7 Å². The van der Waals surface area contributed by atoms with Gasteiger partial charge >= 0.3 is 18.0 Å². The molecule has 1 fully saturated rings. The predicted molar refractivity (Wildman–Crippen MR) is 265 cm³/mol. The second kappa shape index (κ2) is 22.3. The third kappa shape index (κ3) is 10.6. The molecule has 0 aliphatic carbocycles. The van der Waals surface area contributed by atoms with Gasteiger partial charge in [-0.1, -0.05) is 32.8 Å². The molecule has 4 aromatic rings. The standard InChI is InChI=1S/C52H56N6O19/c1-3-5-9-26-27-21-58-32(19-29-28(47(58)66)23-72-50(69)52(29,71)4-2)40(27)55-31-20-34-45(75-24-74-34)41(39(26)31)56-51(70)73-22-25-11-12-33(76-49-44(65)42(63)43(64)46(77-49)48(67)68)30(18-25)54-36(60)15-16-53-35(59)10-7-6-8-17-57-37(61)13-14-38(57)62/h11-14,18-20,42-44,46,49,63-65,71H,3-10,15-17,21-24H2,1-2H3,(H,53,59)(H,54,60)(H,56,70)(H,67,68)/t42-,43-,44+,46-,49+,52?/m1/s1. The van der Waals surface area contributed by atoms with Crippen molar-refractivity contribution in [1.29, 1.82) is 0 Å². The zero-order valence-electron chi connectivity index (χ0n) is 41.8. The number of pyridine rings is 2. The number of carbonyl (C=O) groups is 7. The normalized spacial score (nSPS) is 21.8. The van der Waals surface area contributed by atoms with Gasteiger partial charge < -0.3 is 69.2 Å². The lowest BCUT2D eigenvalue weighted by atomic mass is 9.86. The average Bonchev–Trinajstić information content (AvgIpc) is 4.34. The van der Waals surface area contributed by atoms with Crippen LogP contribution in [0, 0.1) is 0 Å². The molecule has 5 amide bonds. The van der Waals surface area contributed by atoms with Crippen molar-refractivity contribution in [1.82, 2.24) is 19.8 Å². The largest absolute Gasteiger partial charge is 0.479 e. The number of nitrogens with zero attached hydrogens (tertiary/aromatic N) is 3. The van der Waals surface area contributed by atoms with Crippen molar-refractivity contribution in [3.05, 3.63) is 80.7 Å². The number of imide groups is 1. The Hall–Kier alpha value is -7.97. The highest BCUT2D eigenvalue weighted by Gasteiger charge is 2.49. The number of ether oxygens (including phenoxy) is 6. The van der Waals surface area contributed by atoms with Crippen LogP contribution >= 0.6 is 0 Å². The number of benzene rings is 2. The summed E-state index contributed by atoms with van der Waals surface area (Å²) in [6.07, 6.45) is -5.10. The summed E-state index contributed by atoms with van der Waals surface area (Å²) in [4.78, 5) is 108. The SMILES string of the molecule is CCCCc1c2c(nc3cc4c(c(NC(=O)OCc5ccc(O[C@H]6O[C@@H](C(=O)O)[C@H](O)[C@@H](O)[C@@H]6O)c(NC(=O)CCNC(=O)CCCCCN6C(=O)C=CC6=O)c5)c13)OCO4)-c1cc3c(c(=O)n1C2)COC(=O)C3(O)CC. The minimum absolute atomic E-state index is 0.0362. The molecular formula is C52H56N6O19. The van der Waals surface area contributed by atoms with Crippen LogP contribution in [-0.4, -0.2) is 132 Å². The van der Waals surface area contributed by atoms with Gasteiger partial charge in [0.2, 0.25) is 24.9 Å². The number of carboxylic acid groups (broad SMARTS) is 1. The molecule has 0 bridgehead atoms. The number of cyclic esters (lactones) is 1. The molecule has 7 heterocycles. The molecule has 0 spiro atoms. The highest BCUT2D eigenvalue weighted by Crippen LogP contribution is 2.49. The molecule has 2 aromatic heterocycles. The van der Waals surface area contributed by atoms with E-state index in [-0.39, 0.29) is 115 Å². The van der Waals surface area contributed by atoms with E-state index in [9.17, 15) is 63.9 Å². The van der Waals surface area contributed by atoms with Gasteiger partial charge in [-0.25, -0.2) is 19.4 Å². The van der Waals surface area contributed by atoms with Crippen molar-refractivity contribution >= 4 is 63.9 Å². The molecule has 8 N–H and O–H groups in total. The van der Waals surface area contributed by atoms with Gasteiger partial charge in [-0.3, -0.25) is 34.2 Å². The summed E-state index contributed by atoms with van der Waals surface area (Å²) < 4.78 is 35.3. The number of aliphatic hydroxyl groups excluding tert-OH is 3. The number of nitrogens with one attached hydrogen (secondary N) is 3. The first kappa shape index (κ1) is 53.8. The number of hydrogen-bond acceptors (Lipinski definition) is 19. The number of esters is 1. The first-order valence-electron chi connectivity index (χ1n) is 25.1. The Bertz CT molecular complexity index is 3160. The number of aromatic nitrogens is 2. The van der Waals surface area contributed by atoms with Crippen molar-refractivity contribution in [3.63, 3.8) is 0 Å². The van der Waals surface area contributed by atoms with Crippen molar-refractivity contribution in [2.24, 2.45) is 0 Å². The third-order valence-corrected chi connectivity index (χ3v) is 14.0. The summed E-state index contributed by atoms with van der Waals surface area (Å²) >= 11 is 0. The zero-order valence-corrected chi connectivity index (χ0v) is 41.8. The third-order valence-electron chi connectivity index (χ3n) is 14.0. The van der Waals surface area contributed by atoms with Crippen molar-refractivity contribution in [2.75, 3.05) is 30.5 Å². The Morgan fingerprint density at radius 1 is 0.870 bits per heavy atom. The van der Waals surface area contributed by atoms with Crippen molar-refractivity contribution < 1.29 is 87.5 Å². The number of anilines is 2. The number of aryl methyl sites for hydroxylation is 1. The fourth-order valence-electron chi connectivity index (χ4n) is 9.88. The molecule has 9 rings (SSSR count). The van der Waals surface area contributed by atoms with Gasteiger partial charge in [0.1, 0.15) is 43.0 Å². The predicted octanol–water partition coefficient (Wildman–Crippen LogP) is 2.10. The van der Waals surface area contributed by atoms with Crippen LogP contribution in [0.4, 0.5) is 16.2 Å². The number of carboxylic acids is 1. The van der Waals surface area contributed by atoms with E-state index < -0.39 is 72.4 Å². The smallest absolute Gasteiger partial charge is 0.412 e. The molecule has 0 radical (unpaired) electrons. The highest BCUT2D eigenvalue weighted by molar-refractivity contribution is 6.13. The van der Waals surface area contributed by atoms with Crippen LogP contribution in [0.5, 0.6) is 17.2 Å². The van der Waals surface area contributed by atoms with Gasteiger partial charge in [-0.2, -0.15) is 0 Å². The Labute approximate surface area is 437 Å². The summed E-state index contributed by atoms with van der Waals surface area (Å²) in [6.45, 7) is 2.93. The maximum absolute atomic E-state index is 14.1. The van der Waals surface area contributed by atoms with Crippen LogP contribution in [0.2, 0.25) is 0 Å². The quantitative estimate of drug-likeness (QED) is 0.0314. The highest BCUT2D eigenvalue weighted by atomic mass is 16.7. The number of amides is 5. The molecule has 5 aliphatic rings. The van der Waals surface area contributed by atoms with E-state index in [0.29, 0.717) is 60.0 Å². The second-order valence-electron chi connectivity index (χ2n) is 19.0. The Morgan fingerprint density at radius 2 is 1.65 bits per heavy atom. The molecule has 25 heteroatoms. The lowest BCUT2D eigenvalue weighted by Crippen LogP contribution is -2.61. The lowest BCUT2D eigenvalue weighted by Gasteiger charge is -2.38. The summed E-state index contributed by atoms with van der Waals surface area (Å²) in [5, 5.41) is 61.0. The number of fused-ring (bicyclic) bond motifs is 6. The van der Waals surface area contributed by atoms with E-state index in [0.717, 1.165) is 16.9 Å². The van der Waals surface area contributed by atoms with Gasteiger partial charge in [0.05, 0.1) is 34.7 Å². The number of aliphatic hydroxyl groups is 4. The van der Waals surface area contributed by atoms with E-state index in [1.54, 1.807) is 19.1 Å². The fourth-order valence-corrected chi connectivity index (χ4v) is 9.88. The molecule has 5 aliphatic heterocycles. The van der Waals surface area contributed by atoms with Crippen LogP contribution < -0.4 is 35.7 Å². The minimum Gasteiger partial charge on any atom is -0.479 e. The van der Waals surface area contributed by atoms with Crippen LogP contribution in [0.3, 0.4) is 0 Å². The monoisotopic (exact) mass is 1070 g/mol. The summed E-state index contributed by atoms with van der Waals surface area (Å²) in [7, 11) is 0. The second-order valence-corrected chi connectivity index (χ2v) is 19.0. The molecule has 1 unspecified atom stereocenters. The minimum atomic E-state index is -2.04. The number of carbonyl (C=O) groups excluding carboxylic acids is 6. The summed E-state index contributed by atoms with van der Waals surface area (Å²) in [6, 6.07) is 7.35. The van der Waals surface area contributed by atoms with Crippen LogP contribution in [0.1, 0.15) is 93.0 Å². The van der Waals surface area contributed by atoms with Gasteiger partial charge in [0.25, 0.3) is 17.4 Å². The first-order valence-corrected chi connectivity index (χ1v) is 25.1. The molecule has 6 atom stereocenters. The van der Waals surface area contributed by atoms with Gasteiger partial charge in [-0.05, 0) is 61.4 Å². The van der Waals surface area contributed by atoms with E-state index >= 15 is 0 Å². The first-order chi connectivity index (χ1) is 36.9. The Balaban J connectivity index is 0.928. The molecule has 2 aromatic carbocycles. The maximum atomic E-state index is 14.1. The lowest BCUT2D eigenvalue weighted by molar-refractivity contribution is -0.271. The molecular weight excluding hydrogens is 1010 g/mol. The van der Waals surface area contributed by atoms with E-state index in [2.05, 4.69) is 16.0 Å². The molecule has 1 saturated heterocycles. The number of aliphatic carboxylic acids is 1. The van der Waals surface area contributed by atoms with E-state index in [1.807, 2.05) is 6.92 Å². The van der Waals surface area contributed by atoms with Crippen LogP contribution in [0.25, 0.3) is 22.3 Å². The molecule has 0 saturated carbocycles. The van der Waals surface area contributed by atoms with Gasteiger partial charge in [-0.15, -0.1) is 0 Å². The number of unbranched alkanes of at least 4 members (excludes halogenated alkanes) is 3. The fraction of sp³-hybridized carbons (Fsp3) is 0.442. The summed E-state index contributed by atoms with van der Waals surface area (Å²) in [5.74, 6) is -4.02. The van der Waals surface area contributed by atoms with Crippen molar-refractivity contribution in [3.8, 4) is 28.6 Å². The van der Waals surface area contributed by atoms with E-state index in [4.69, 9.17) is 33.4 Å². The topological polar surface area (TPSA) is 350 Å². The molecule has 77 heavy (non-hydrogen) atoms. The maximum Gasteiger partial charge on any atom is 0.412 e. The van der Waals surface area contributed by atoms with Crippen LogP contribution in [0.15, 0.2) is 47.3 Å². The number of hydrogen-bond donors (Lipinski definition) is 8. The molecule has 25 nitrogen and oxygen atoms in total. The zero-order chi connectivity index (χ0) is 54.9. The van der Waals surface area contributed by atoms with E-state index in [1.165, 1.54) is 34.9 Å². The molecule has 408 valence electrons.